The molecular weight excluding hydrogens is 280 g/mol. The number of ether oxygens (including phenoxy) is 2. The van der Waals surface area contributed by atoms with Crippen molar-refractivity contribution >= 4 is 18.0 Å². The van der Waals surface area contributed by atoms with E-state index >= 15 is 0 Å². The Morgan fingerprint density at radius 1 is 1.00 bits per heavy atom. The van der Waals surface area contributed by atoms with Gasteiger partial charge in [-0.1, -0.05) is 31.9 Å². The molecule has 1 aromatic carbocycles. The van der Waals surface area contributed by atoms with Gasteiger partial charge in [0.2, 0.25) is 0 Å². The van der Waals surface area contributed by atoms with Crippen LogP contribution in [0.2, 0.25) is 0 Å². The van der Waals surface area contributed by atoms with Gasteiger partial charge in [-0.3, -0.25) is 0 Å². The van der Waals surface area contributed by atoms with E-state index in [1.54, 1.807) is 19.1 Å². The molecule has 0 fully saturated rings. The van der Waals surface area contributed by atoms with Crippen molar-refractivity contribution in [3.63, 3.8) is 0 Å². The van der Waals surface area contributed by atoms with Gasteiger partial charge in [-0.05, 0) is 44.0 Å². The van der Waals surface area contributed by atoms with E-state index in [1.807, 2.05) is 19.1 Å². The molecule has 0 aliphatic carbocycles. The molecular formula is C18H24O4. The quantitative estimate of drug-likeness (QED) is 0.532. The molecule has 1 aromatic rings. The molecule has 0 radical (unpaired) electrons. The van der Waals surface area contributed by atoms with Crippen molar-refractivity contribution in [2.75, 3.05) is 13.2 Å². The maximum atomic E-state index is 12.1. The zero-order valence-corrected chi connectivity index (χ0v) is 13.6. The van der Waals surface area contributed by atoms with Crippen LogP contribution in [0.4, 0.5) is 0 Å². The van der Waals surface area contributed by atoms with Crippen LogP contribution in [-0.2, 0) is 9.47 Å². The highest BCUT2D eigenvalue weighted by molar-refractivity contribution is 5.96. The van der Waals surface area contributed by atoms with E-state index < -0.39 is 11.9 Å². The maximum Gasteiger partial charge on any atom is 0.338 e. The van der Waals surface area contributed by atoms with E-state index in [9.17, 15) is 9.59 Å². The SMILES string of the molecule is C/C=C/c1cc(C(=O)OCC)cc(C(=O)OCCCCC)c1. The van der Waals surface area contributed by atoms with Crippen LogP contribution >= 0.6 is 0 Å². The lowest BCUT2D eigenvalue weighted by molar-refractivity contribution is 0.0498. The van der Waals surface area contributed by atoms with Crippen molar-refractivity contribution in [1.82, 2.24) is 0 Å². The highest BCUT2D eigenvalue weighted by atomic mass is 16.5. The molecule has 0 heterocycles. The maximum absolute atomic E-state index is 12.1. The molecule has 0 aromatic heterocycles. The minimum Gasteiger partial charge on any atom is -0.462 e. The first-order valence-corrected chi connectivity index (χ1v) is 7.74. The molecule has 0 bridgehead atoms. The minimum atomic E-state index is -0.436. The normalized spacial score (nSPS) is 10.7. The summed E-state index contributed by atoms with van der Waals surface area (Å²) >= 11 is 0. The Kier molecular flexibility index (Phi) is 7.97. The van der Waals surface area contributed by atoms with E-state index in [0.29, 0.717) is 24.3 Å². The summed E-state index contributed by atoms with van der Waals surface area (Å²) < 4.78 is 10.2. The molecule has 4 heteroatoms. The minimum absolute atomic E-state index is 0.295. The van der Waals surface area contributed by atoms with Crippen LogP contribution in [0.1, 0.15) is 66.3 Å². The van der Waals surface area contributed by atoms with Gasteiger partial charge in [0.25, 0.3) is 0 Å². The number of unbranched alkanes of at least 4 members (excludes halogenated alkanes) is 2. The Morgan fingerprint density at radius 3 is 2.18 bits per heavy atom. The molecule has 0 spiro atoms. The van der Waals surface area contributed by atoms with E-state index in [-0.39, 0.29) is 0 Å². The smallest absolute Gasteiger partial charge is 0.338 e. The fraction of sp³-hybridized carbons (Fsp3) is 0.444. The predicted octanol–water partition coefficient (Wildman–Crippen LogP) is 4.24. The molecule has 0 unspecified atom stereocenters. The molecule has 1 rings (SSSR count). The Bertz CT molecular complexity index is 532. The number of benzene rings is 1. The summed E-state index contributed by atoms with van der Waals surface area (Å²) in [7, 11) is 0. The second-order valence-corrected chi connectivity index (χ2v) is 4.91. The van der Waals surface area contributed by atoms with E-state index in [2.05, 4.69) is 6.92 Å². The molecule has 0 aliphatic heterocycles. The third-order valence-corrected chi connectivity index (χ3v) is 3.04. The topological polar surface area (TPSA) is 52.6 Å². The summed E-state index contributed by atoms with van der Waals surface area (Å²) in [5.41, 5.74) is 1.50. The fourth-order valence-corrected chi connectivity index (χ4v) is 1.99. The van der Waals surface area contributed by atoms with Crippen molar-refractivity contribution < 1.29 is 19.1 Å². The summed E-state index contributed by atoms with van der Waals surface area (Å²) in [5, 5.41) is 0. The summed E-state index contributed by atoms with van der Waals surface area (Å²) in [4.78, 5) is 24.0. The number of esters is 2. The van der Waals surface area contributed by atoms with Crippen LogP contribution in [0.5, 0.6) is 0 Å². The third kappa shape index (κ3) is 5.72. The molecule has 0 atom stereocenters. The van der Waals surface area contributed by atoms with Gasteiger partial charge in [0.05, 0.1) is 24.3 Å². The van der Waals surface area contributed by atoms with Gasteiger partial charge in [0.15, 0.2) is 0 Å². The fourth-order valence-electron chi connectivity index (χ4n) is 1.99. The van der Waals surface area contributed by atoms with Crippen LogP contribution < -0.4 is 0 Å². The van der Waals surface area contributed by atoms with E-state index in [0.717, 1.165) is 24.8 Å². The first kappa shape index (κ1) is 18.0. The lowest BCUT2D eigenvalue weighted by Crippen LogP contribution is -2.10. The summed E-state index contributed by atoms with van der Waals surface area (Å²) in [6, 6.07) is 4.93. The Labute approximate surface area is 132 Å². The van der Waals surface area contributed by atoms with Crippen molar-refractivity contribution in [1.29, 1.82) is 0 Å². The zero-order chi connectivity index (χ0) is 16.4. The van der Waals surface area contributed by atoms with Crippen molar-refractivity contribution in [3.05, 3.63) is 41.0 Å². The molecule has 0 amide bonds. The molecule has 22 heavy (non-hydrogen) atoms. The first-order valence-electron chi connectivity index (χ1n) is 7.74. The van der Waals surface area contributed by atoms with E-state index in [1.165, 1.54) is 6.07 Å². The highest BCUT2D eigenvalue weighted by Gasteiger charge is 2.14. The standard InChI is InChI=1S/C18H24O4/c1-4-7-8-10-22-18(20)16-12-14(9-5-2)11-15(13-16)17(19)21-6-3/h5,9,11-13H,4,6-8,10H2,1-3H3/b9-5+. The highest BCUT2D eigenvalue weighted by Crippen LogP contribution is 2.15. The molecule has 120 valence electrons. The molecule has 0 aliphatic rings. The average molecular weight is 304 g/mol. The monoisotopic (exact) mass is 304 g/mol. The second-order valence-electron chi connectivity index (χ2n) is 4.91. The first-order chi connectivity index (χ1) is 10.6. The van der Waals surface area contributed by atoms with Gasteiger partial charge in [-0.2, -0.15) is 0 Å². The van der Waals surface area contributed by atoms with Crippen molar-refractivity contribution in [3.8, 4) is 0 Å². The molecule has 4 nitrogen and oxygen atoms in total. The van der Waals surface area contributed by atoms with Crippen LogP contribution in [0, 0.1) is 0 Å². The number of hydrogen-bond donors (Lipinski definition) is 0. The largest absolute Gasteiger partial charge is 0.462 e. The van der Waals surface area contributed by atoms with Crippen LogP contribution in [-0.4, -0.2) is 25.2 Å². The number of hydrogen-bond acceptors (Lipinski definition) is 4. The van der Waals surface area contributed by atoms with Gasteiger partial charge < -0.3 is 9.47 Å². The Morgan fingerprint density at radius 2 is 1.64 bits per heavy atom. The van der Waals surface area contributed by atoms with Crippen molar-refractivity contribution in [2.45, 2.75) is 40.0 Å². The van der Waals surface area contributed by atoms with Gasteiger partial charge in [-0.15, -0.1) is 0 Å². The molecule has 0 N–H and O–H groups in total. The average Bonchev–Trinajstić information content (AvgIpc) is 2.51. The lowest BCUT2D eigenvalue weighted by atomic mass is 10.1. The van der Waals surface area contributed by atoms with Gasteiger partial charge >= 0.3 is 11.9 Å². The van der Waals surface area contributed by atoms with Gasteiger partial charge in [-0.25, -0.2) is 9.59 Å². The molecule has 0 saturated heterocycles. The number of carbonyl (C=O) groups excluding carboxylic acids is 2. The van der Waals surface area contributed by atoms with Crippen LogP contribution in [0.3, 0.4) is 0 Å². The Balaban J connectivity index is 2.92. The van der Waals surface area contributed by atoms with E-state index in [4.69, 9.17) is 9.47 Å². The van der Waals surface area contributed by atoms with Crippen LogP contribution in [0.15, 0.2) is 24.3 Å². The number of carbonyl (C=O) groups is 2. The summed E-state index contributed by atoms with van der Waals surface area (Å²) in [6.07, 6.45) is 6.63. The third-order valence-electron chi connectivity index (χ3n) is 3.04. The van der Waals surface area contributed by atoms with Crippen molar-refractivity contribution in [2.24, 2.45) is 0 Å². The second kappa shape index (κ2) is 9.77. The summed E-state index contributed by atoms with van der Waals surface area (Å²) in [6.45, 7) is 6.41. The molecule has 0 saturated carbocycles. The Hall–Kier alpha value is -2.10. The van der Waals surface area contributed by atoms with Crippen LogP contribution in [0.25, 0.3) is 6.08 Å². The van der Waals surface area contributed by atoms with Gasteiger partial charge in [0, 0.05) is 0 Å². The van der Waals surface area contributed by atoms with Gasteiger partial charge in [0.1, 0.15) is 0 Å². The number of rotatable bonds is 8. The lowest BCUT2D eigenvalue weighted by Gasteiger charge is -2.08. The summed E-state index contributed by atoms with van der Waals surface area (Å²) in [5.74, 6) is -0.845. The number of allylic oxidation sites excluding steroid dienone is 1. The zero-order valence-electron chi connectivity index (χ0n) is 13.6. The predicted molar refractivity (Wildman–Crippen MR) is 86.9 cm³/mol.